The zero-order valence-electron chi connectivity index (χ0n) is 15.5. The first-order chi connectivity index (χ1) is 13.5. The maximum Gasteiger partial charge on any atom is 0.407 e. The molecule has 2 aromatic rings. The Morgan fingerprint density at radius 1 is 1.07 bits per heavy atom. The highest BCUT2D eigenvalue weighted by atomic mass is 16.6. The van der Waals surface area contributed by atoms with Crippen molar-refractivity contribution in [2.45, 2.75) is 44.4 Å². The molecule has 1 aromatic carbocycles. The van der Waals surface area contributed by atoms with Gasteiger partial charge in [0.15, 0.2) is 0 Å². The number of rotatable bonds is 6. The van der Waals surface area contributed by atoms with E-state index in [1.807, 2.05) is 30.3 Å². The Balaban J connectivity index is 1.18. The number of amides is 2. The maximum absolute atomic E-state index is 11.9. The van der Waals surface area contributed by atoms with E-state index in [1.165, 1.54) is 0 Å². The van der Waals surface area contributed by atoms with Crippen molar-refractivity contribution >= 4 is 12.0 Å². The molecular weight excluding hydrogens is 358 g/mol. The van der Waals surface area contributed by atoms with Gasteiger partial charge in [-0.1, -0.05) is 30.3 Å². The lowest BCUT2D eigenvalue weighted by Gasteiger charge is -2.56. The quantitative estimate of drug-likeness (QED) is 0.801. The topological polar surface area (TPSA) is 104 Å². The van der Waals surface area contributed by atoms with Crippen LogP contribution in [-0.4, -0.2) is 29.2 Å². The molecular formula is C21H23N3O4. The molecule has 7 nitrogen and oxygen atoms in total. The number of benzene rings is 1. The lowest BCUT2D eigenvalue weighted by molar-refractivity contribution is -0.133. The van der Waals surface area contributed by atoms with Crippen LogP contribution in [0.4, 0.5) is 4.79 Å². The van der Waals surface area contributed by atoms with Crippen LogP contribution in [0, 0.1) is 5.41 Å². The van der Waals surface area contributed by atoms with E-state index in [2.05, 4.69) is 10.3 Å². The molecule has 2 aliphatic carbocycles. The summed E-state index contributed by atoms with van der Waals surface area (Å²) in [5, 5.41) is 2.78. The molecule has 0 aliphatic heterocycles. The van der Waals surface area contributed by atoms with Crippen LogP contribution in [0.15, 0.2) is 48.7 Å². The molecule has 2 aliphatic rings. The molecule has 0 unspecified atom stereocenters. The van der Waals surface area contributed by atoms with Gasteiger partial charge >= 0.3 is 6.09 Å². The minimum Gasteiger partial charge on any atom is -0.474 e. The highest BCUT2D eigenvalue weighted by Gasteiger charge is 2.55. The number of primary amides is 1. The molecule has 2 fully saturated rings. The molecule has 0 saturated heterocycles. The van der Waals surface area contributed by atoms with Crippen LogP contribution in [0.2, 0.25) is 0 Å². The third-order valence-electron chi connectivity index (χ3n) is 5.51. The third kappa shape index (κ3) is 3.93. The smallest absolute Gasteiger partial charge is 0.407 e. The second-order valence-corrected chi connectivity index (χ2v) is 7.64. The molecule has 2 saturated carbocycles. The Bertz CT molecular complexity index is 857. The van der Waals surface area contributed by atoms with Crippen LogP contribution in [0.5, 0.6) is 5.88 Å². The van der Waals surface area contributed by atoms with Crippen LogP contribution in [0.1, 0.15) is 41.6 Å². The zero-order valence-corrected chi connectivity index (χ0v) is 15.5. The first-order valence-electron chi connectivity index (χ1n) is 9.43. The van der Waals surface area contributed by atoms with E-state index in [9.17, 15) is 9.59 Å². The van der Waals surface area contributed by atoms with Gasteiger partial charge in [0, 0.05) is 12.7 Å². The molecule has 0 radical (unpaired) electrons. The Labute approximate surface area is 163 Å². The summed E-state index contributed by atoms with van der Waals surface area (Å²) < 4.78 is 11.3. The summed E-state index contributed by atoms with van der Waals surface area (Å²) in [6.07, 6.45) is 4.59. The maximum atomic E-state index is 11.9. The molecule has 4 rings (SSSR count). The molecule has 7 heteroatoms. The largest absolute Gasteiger partial charge is 0.474 e. The lowest BCUT2D eigenvalue weighted by Crippen LogP contribution is -2.55. The van der Waals surface area contributed by atoms with Crippen molar-refractivity contribution in [3.05, 3.63) is 59.8 Å². The lowest BCUT2D eigenvalue weighted by atomic mass is 9.53. The van der Waals surface area contributed by atoms with Gasteiger partial charge in [-0.3, -0.25) is 4.79 Å². The van der Waals surface area contributed by atoms with Crippen LogP contribution < -0.4 is 15.8 Å². The molecule has 3 N–H and O–H groups in total. The fraction of sp³-hybridized carbons (Fsp3) is 0.381. The number of aromatic nitrogens is 1. The molecule has 1 aromatic heterocycles. The number of pyridine rings is 1. The number of carbonyl (C=O) groups excluding carboxylic acids is 2. The van der Waals surface area contributed by atoms with E-state index < -0.39 is 5.91 Å². The molecule has 146 valence electrons. The Morgan fingerprint density at radius 2 is 1.79 bits per heavy atom. The summed E-state index contributed by atoms with van der Waals surface area (Å²) in [5.41, 5.74) is 6.87. The summed E-state index contributed by atoms with van der Waals surface area (Å²) >= 11 is 0. The van der Waals surface area contributed by atoms with Crippen molar-refractivity contribution in [2.24, 2.45) is 11.1 Å². The first kappa shape index (κ1) is 18.3. The minimum atomic E-state index is -0.546. The fourth-order valence-electron chi connectivity index (χ4n) is 4.11. The summed E-state index contributed by atoms with van der Waals surface area (Å²) in [6, 6.07) is 13.0. The zero-order chi connectivity index (χ0) is 19.6. The van der Waals surface area contributed by atoms with Gasteiger partial charge in [-0.05, 0) is 48.8 Å². The predicted molar refractivity (Wildman–Crippen MR) is 102 cm³/mol. The summed E-state index contributed by atoms with van der Waals surface area (Å²) in [5.74, 6) is -0.252. The van der Waals surface area contributed by atoms with Gasteiger partial charge in [0.05, 0.1) is 0 Å². The number of carbonyl (C=O) groups is 2. The normalized spacial score (nSPS) is 25.3. The average Bonchev–Trinajstić information content (AvgIpc) is 2.64. The number of hydrogen-bond acceptors (Lipinski definition) is 5. The standard InChI is InChI=1S/C21H23N3O4/c22-18(25)17-7-4-8-23-19(17)27-15-9-21(10-15)11-16(12-21)28-20(26)24-13-14-5-2-1-3-6-14/h1-8,15-16H,9-13H2,(H2,22,25)(H,24,26). The van der Waals surface area contributed by atoms with Crippen LogP contribution >= 0.6 is 0 Å². The first-order valence-corrected chi connectivity index (χ1v) is 9.43. The second-order valence-electron chi connectivity index (χ2n) is 7.64. The third-order valence-corrected chi connectivity index (χ3v) is 5.51. The minimum absolute atomic E-state index is 0.0147. The van der Waals surface area contributed by atoms with Crippen molar-refractivity contribution in [3.63, 3.8) is 0 Å². The predicted octanol–water partition coefficient (Wildman–Crippen LogP) is 2.80. The van der Waals surface area contributed by atoms with Gasteiger partial charge in [0.1, 0.15) is 17.8 Å². The summed E-state index contributed by atoms with van der Waals surface area (Å²) in [6.45, 7) is 0.458. The van der Waals surface area contributed by atoms with Gasteiger partial charge in [-0.2, -0.15) is 0 Å². The van der Waals surface area contributed by atoms with E-state index in [1.54, 1.807) is 18.3 Å². The number of ether oxygens (including phenoxy) is 2. The van der Waals surface area contributed by atoms with Gasteiger partial charge in [-0.25, -0.2) is 9.78 Å². The second kappa shape index (κ2) is 7.50. The van der Waals surface area contributed by atoms with Gasteiger partial charge in [0.2, 0.25) is 5.88 Å². The van der Waals surface area contributed by atoms with Gasteiger partial charge in [0.25, 0.3) is 5.91 Å². The van der Waals surface area contributed by atoms with Gasteiger partial charge < -0.3 is 20.5 Å². The van der Waals surface area contributed by atoms with Crippen LogP contribution in [0.3, 0.4) is 0 Å². The van der Waals surface area contributed by atoms with Crippen molar-refractivity contribution in [1.29, 1.82) is 0 Å². The molecule has 0 atom stereocenters. The van der Waals surface area contributed by atoms with E-state index in [-0.39, 0.29) is 23.7 Å². The van der Waals surface area contributed by atoms with Crippen LogP contribution in [-0.2, 0) is 11.3 Å². The molecule has 28 heavy (non-hydrogen) atoms. The highest BCUT2D eigenvalue weighted by Crippen LogP contribution is 2.57. The number of hydrogen-bond donors (Lipinski definition) is 2. The highest BCUT2D eigenvalue weighted by molar-refractivity contribution is 5.94. The summed E-state index contributed by atoms with van der Waals surface area (Å²) in [4.78, 5) is 27.5. The van der Waals surface area contributed by atoms with Crippen molar-refractivity contribution in [2.75, 3.05) is 0 Å². The van der Waals surface area contributed by atoms with E-state index >= 15 is 0 Å². The van der Waals surface area contributed by atoms with E-state index in [0.29, 0.717) is 18.0 Å². The van der Waals surface area contributed by atoms with E-state index in [4.69, 9.17) is 15.2 Å². The molecule has 0 bridgehead atoms. The SMILES string of the molecule is NC(=O)c1cccnc1OC1CC2(CC(OC(=O)NCc3ccccc3)C2)C1. The van der Waals surface area contributed by atoms with Crippen LogP contribution in [0.25, 0.3) is 0 Å². The molecule has 1 spiro atoms. The Kier molecular flexibility index (Phi) is 4.90. The number of nitrogens with one attached hydrogen (secondary N) is 1. The Hall–Kier alpha value is -3.09. The number of nitrogens with zero attached hydrogens (tertiary/aromatic N) is 1. The van der Waals surface area contributed by atoms with Crippen molar-refractivity contribution < 1.29 is 19.1 Å². The Morgan fingerprint density at radius 3 is 2.50 bits per heavy atom. The van der Waals surface area contributed by atoms with E-state index in [0.717, 1.165) is 31.2 Å². The molecule has 1 heterocycles. The monoisotopic (exact) mass is 381 g/mol. The fourth-order valence-corrected chi connectivity index (χ4v) is 4.11. The average molecular weight is 381 g/mol. The van der Waals surface area contributed by atoms with Gasteiger partial charge in [-0.15, -0.1) is 0 Å². The molecule has 2 amide bonds. The number of alkyl carbamates (subject to hydrolysis) is 1. The summed E-state index contributed by atoms with van der Waals surface area (Å²) in [7, 11) is 0. The van der Waals surface area contributed by atoms with Crippen molar-refractivity contribution in [1.82, 2.24) is 10.3 Å². The van der Waals surface area contributed by atoms with Crippen molar-refractivity contribution in [3.8, 4) is 5.88 Å². The number of nitrogens with two attached hydrogens (primary N) is 1.